The van der Waals surface area contributed by atoms with Crippen LogP contribution >= 0.6 is 0 Å². The van der Waals surface area contributed by atoms with Crippen molar-refractivity contribution in [3.8, 4) is 0 Å². The molecule has 0 spiro atoms. The minimum absolute atomic E-state index is 0. The van der Waals surface area contributed by atoms with Crippen molar-refractivity contribution in [3.05, 3.63) is 0 Å². The van der Waals surface area contributed by atoms with Crippen molar-refractivity contribution in [1.82, 2.24) is 20.0 Å². The molecule has 0 aromatic carbocycles. The summed E-state index contributed by atoms with van der Waals surface area (Å²) in [6.07, 6.45) is 5.08. The van der Waals surface area contributed by atoms with Crippen molar-refractivity contribution in [3.63, 3.8) is 0 Å². The van der Waals surface area contributed by atoms with Gasteiger partial charge in [0, 0.05) is 53.8 Å². The molecule has 3 amide bonds. The predicted octanol–water partition coefficient (Wildman–Crippen LogP) is 0.590. The fourth-order valence-corrected chi connectivity index (χ4v) is 3.45. The molecule has 0 radical (unpaired) electrons. The van der Waals surface area contributed by atoms with Gasteiger partial charge in [0.2, 0.25) is 5.91 Å². The number of nitrogens with one attached hydrogen (secondary N) is 1. The summed E-state index contributed by atoms with van der Waals surface area (Å²) >= 11 is 0. The standard InChI is InChI=1S/C15H26N4O2.H2/c1-16-14(20)12-10-19(11-12)15(21)18-7-3-6-17(8-9-18)13-4-2-5-13;/h12-13H,2-11H2,1H3,(H,16,20);1H. The Balaban J connectivity index is 0.00000176. The van der Waals surface area contributed by atoms with E-state index in [2.05, 4.69) is 10.2 Å². The maximum Gasteiger partial charge on any atom is 0.320 e. The summed E-state index contributed by atoms with van der Waals surface area (Å²) < 4.78 is 0. The lowest BCUT2D eigenvalue weighted by atomic mass is 9.91. The number of carbonyl (C=O) groups excluding carboxylic acids is 2. The highest BCUT2D eigenvalue weighted by Crippen LogP contribution is 2.26. The summed E-state index contributed by atoms with van der Waals surface area (Å²) in [7, 11) is 1.65. The van der Waals surface area contributed by atoms with E-state index in [-0.39, 0.29) is 19.3 Å². The van der Waals surface area contributed by atoms with E-state index in [0.29, 0.717) is 13.1 Å². The molecular formula is C15H28N4O2. The summed E-state index contributed by atoms with van der Waals surface area (Å²) in [5.74, 6) is 0.0310. The second-order valence-electron chi connectivity index (χ2n) is 6.46. The van der Waals surface area contributed by atoms with E-state index < -0.39 is 0 Å². The number of amides is 3. The highest BCUT2D eigenvalue weighted by Gasteiger charge is 2.37. The minimum atomic E-state index is -0.0163. The lowest BCUT2D eigenvalue weighted by molar-refractivity contribution is -0.128. The van der Waals surface area contributed by atoms with Gasteiger partial charge in [-0.2, -0.15) is 0 Å². The molecule has 1 aliphatic carbocycles. The van der Waals surface area contributed by atoms with Crippen molar-refractivity contribution >= 4 is 11.9 Å². The minimum Gasteiger partial charge on any atom is -0.359 e. The lowest BCUT2D eigenvalue weighted by Crippen LogP contribution is -2.59. The maximum atomic E-state index is 12.5. The third kappa shape index (κ3) is 3.00. The first-order valence-electron chi connectivity index (χ1n) is 8.18. The number of nitrogens with zero attached hydrogens (tertiary/aromatic N) is 3. The molecule has 1 saturated carbocycles. The summed E-state index contributed by atoms with van der Waals surface area (Å²) in [6.45, 7) is 4.95. The molecule has 0 aromatic rings. The smallest absolute Gasteiger partial charge is 0.320 e. The van der Waals surface area contributed by atoms with Crippen LogP contribution in [0.25, 0.3) is 0 Å². The van der Waals surface area contributed by atoms with Gasteiger partial charge in [0.05, 0.1) is 5.92 Å². The van der Waals surface area contributed by atoms with Crippen LogP contribution in [0.2, 0.25) is 0 Å². The van der Waals surface area contributed by atoms with Crippen LogP contribution in [0.3, 0.4) is 0 Å². The van der Waals surface area contributed by atoms with Crippen LogP contribution in [0.1, 0.15) is 27.1 Å². The number of hydrogen-bond donors (Lipinski definition) is 1. The highest BCUT2D eigenvalue weighted by atomic mass is 16.2. The van der Waals surface area contributed by atoms with Gasteiger partial charge in [-0.3, -0.25) is 9.69 Å². The normalized spacial score (nSPS) is 25.0. The van der Waals surface area contributed by atoms with Crippen LogP contribution in [0.5, 0.6) is 0 Å². The molecule has 1 N–H and O–H groups in total. The Bertz CT molecular complexity index is 410. The molecule has 2 heterocycles. The van der Waals surface area contributed by atoms with Gasteiger partial charge in [0.1, 0.15) is 0 Å². The summed E-state index contributed by atoms with van der Waals surface area (Å²) in [5.41, 5.74) is 0. The molecule has 0 atom stereocenters. The first-order chi connectivity index (χ1) is 10.2. The molecule has 0 unspecified atom stereocenters. The zero-order valence-corrected chi connectivity index (χ0v) is 12.9. The molecule has 6 heteroatoms. The lowest BCUT2D eigenvalue weighted by Gasteiger charge is -2.41. The van der Waals surface area contributed by atoms with Crippen molar-refractivity contribution in [2.24, 2.45) is 5.92 Å². The monoisotopic (exact) mass is 296 g/mol. The first kappa shape index (κ1) is 14.6. The molecular weight excluding hydrogens is 268 g/mol. The fourth-order valence-electron chi connectivity index (χ4n) is 3.45. The Labute approximate surface area is 127 Å². The number of hydrogen-bond acceptors (Lipinski definition) is 3. The van der Waals surface area contributed by atoms with Crippen LogP contribution in [0.15, 0.2) is 0 Å². The highest BCUT2D eigenvalue weighted by molar-refractivity contribution is 5.83. The van der Waals surface area contributed by atoms with Gasteiger partial charge in [-0.25, -0.2) is 4.79 Å². The maximum absolute atomic E-state index is 12.5. The second kappa shape index (κ2) is 6.22. The van der Waals surface area contributed by atoms with Crippen LogP contribution < -0.4 is 5.32 Å². The zero-order chi connectivity index (χ0) is 14.8. The van der Waals surface area contributed by atoms with Crippen molar-refractivity contribution < 1.29 is 11.0 Å². The number of urea groups is 1. The van der Waals surface area contributed by atoms with E-state index in [9.17, 15) is 9.59 Å². The first-order valence-corrected chi connectivity index (χ1v) is 8.18. The Kier molecular flexibility index (Phi) is 4.33. The van der Waals surface area contributed by atoms with Crippen molar-refractivity contribution in [1.29, 1.82) is 0 Å². The van der Waals surface area contributed by atoms with Crippen LogP contribution in [-0.4, -0.2) is 79.0 Å². The van der Waals surface area contributed by atoms with E-state index in [0.717, 1.165) is 38.6 Å². The largest absolute Gasteiger partial charge is 0.359 e. The third-order valence-corrected chi connectivity index (χ3v) is 5.16. The number of rotatable bonds is 2. The summed E-state index contributed by atoms with van der Waals surface area (Å²) in [5, 5.41) is 2.65. The van der Waals surface area contributed by atoms with Gasteiger partial charge in [-0.1, -0.05) is 6.42 Å². The molecule has 3 rings (SSSR count). The van der Waals surface area contributed by atoms with E-state index in [1.165, 1.54) is 19.3 Å². The fraction of sp³-hybridized carbons (Fsp3) is 0.867. The van der Waals surface area contributed by atoms with Gasteiger partial charge >= 0.3 is 6.03 Å². The summed E-state index contributed by atoms with van der Waals surface area (Å²) in [6, 6.07) is 0.882. The Morgan fingerprint density at radius 2 is 1.76 bits per heavy atom. The SMILES string of the molecule is CNC(=O)C1CN(C(=O)N2CCCN(C3CCC3)CC2)C1.[HH]. The Morgan fingerprint density at radius 3 is 2.38 bits per heavy atom. The zero-order valence-electron chi connectivity index (χ0n) is 12.9. The Morgan fingerprint density at radius 1 is 1.00 bits per heavy atom. The topological polar surface area (TPSA) is 55.9 Å². The van der Waals surface area contributed by atoms with Crippen molar-refractivity contribution in [2.75, 3.05) is 46.3 Å². The van der Waals surface area contributed by atoms with E-state index >= 15 is 0 Å². The van der Waals surface area contributed by atoms with E-state index in [4.69, 9.17) is 0 Å². The molecule has 2 aliphatic heterocycles. The van der Waals surface area contributed by atoms with Crippen LogP contribution in [0.4, 0.5) is 4.79 Å². The molecule has 3 fully saturated rings. The Hall–Kier alpha value is -1.30. The van der Waals surface area contributed by atoms with E-state index in [1.807, 2.05) is 4.90 Å². The average Bonchev–Trinajstić information content (AvgIpc) is 2.60. The quantitative estimate of drug-likeness (QED) is 0.811. The van der Waals surface area contributed by atoms with Gasteiger partial charge < -0.3 is 15.1 Å². The second-order valence-corrected chi connectivity index (χ2v) is 6.46. The van der Waals surface area contributed by atoms with Gasteiger partial charge in [-0.05, 0) is 19.3 Å². The van der Waals surface area contributed by atoms with Gasteiger partial charge in [-0.15, -0.1) is 0 Å². The molecule has 120 valence electrons. The molecule has 0 bridgehead atoms. The summed E-state index contributed by atoms with van der Waals surface area (Å²) in [4.78, 5) is 30.3. The van der Waals surface area contributed by atoms with Crippen molar-refractivity contribution in [2.45, 2.75) is 31.7 Å². The molecule has 21 heavy (non-hydrogen) atoms. The predicted molar refractivity (Wildman–Crippen MR) is 82.0 cm³/mol. The number of carbonyl (C=O) groups is 2. The molecule has 6 nitrogen and oxygen atoms in total. The van der Waals surface area contributed by atoms with E-state index in [1.54, 1.807) is 11.9 Å². The average molecular weight is 296 g/mol. The molecule has 2 saturated heterocycles. The molecule has 3 aliphatic rings. The van der Waals surface area contributed by atoms with Crippen LogP contribution in [-0.2, 0) is 4.79 Å². The van der Waals surface area contributed by atoms with Crippen LogP contribution in [0, 0.1) is 5.92 Å². The van der Waals surface area contributed by atoms with Gasteiger partial charge in [0.25, 0.3) is 0 Å². The van der Waals surface area contributed by atoms with Gasteiger partial charge in [0.15, 0.2) is 0 Å². The number of likely N-dealkylation sites (tertiary alicyclic amines) is 1. The third-order valence-electron chi connectivity index (χ3n) is 5.16. The molecule has 0 aromatic heterocycles.